The summed E-state index contributed by atoms with van der Waals surface area (Å²) in [5.74, 6) is 0.331. The van der Waals surface area contributed by atoms with E-state index in [-0.39, 0.29) is 12.5 Å². The van der Waals surface area contributed by atoms with Crippen molar-refractivity contribution in [1.82, 2.24) is 5.48 Å². The molecule has 0 saturated carbocycles. The number of hydrogen-bond donors (Lipinski definition) is 2. The molecule has 0 spiro atoms. The molecule has 3 aromatic rings. The van der Waals surface area contributed by atoms with Crippen LogP contribution in [0.5, 0.6) is 0 Å². The fraction of sp³-hybridized carbons (Fsp3) is 0.190. The second kappa shape index (κ2) is 7.89. The largest absolute Gasteiger partial charge is 0.454 e. The maximum absolute atomic E-state index is 12.2. The first-order valence-corrected chi connectivity index (χ1v) is 8.52. The Morgan fingerprint density at radius 3 is 2.77 bits per heavy atom. The highest BCUT2D eigenvalue weighted by Gasteiger charge is 2.10. The number of anilines is 1. The van der Waals surface area contributed by atoms with Crippen molar-refractivity contribution in [2.45, 2.75) is 20.3 Å². The molecule has 0 saturated heterocycles. The molecule has 0 atom stereocenters. The van der Waals surface area contributed by atoms with Gasteiger partial charge < -0.3 is 9.73 Å². The summed E-state index contributed by atoms with van der Waals surface area (Å²) in [7, 11) is 0. The zero-order valence-corrected chi connectivity index (χ0v) is 15.0. The maximum Gasteiger partial charge on any atom is 0.253 e. The highest BCUT2D eigenvalue weighted by Crippen LogP contribution is 2.23. The number of nitrogens with one attached hydrogen (secondary N) is 2. The monoisotopic (exact) mass is 350 g/mol. The molecule has 134 valence electrons. The number of carbonyl (C=O) groups is 1. The van der Waals surface area contributed by atoms with Gasteiger partial charge in [0.15, 0.2) is 12.4 Å². The summed E-state index contributed by atoms with van der Waals surface area (Å²) >= 11 is 0. The van der Waals surface area contributed by atoms with E-state index in [2.05, 4.69) is 24.3 Å². The summed E-state index contributed by atoms with van der Waals surface area (Å²) in [6.07, 6.45) is 0.846. The van der Waals surface area contributed by atoms with E-state index in [1.54, 1.807) is 0 Å². The SMILES string of the molecule is C=C(NOCC(=O)Nc1c(C)cccc1CC)c1cc2ccccc2o1. The topological polar surface area (TPSA) is 63.5 Å². The average molecular weight is 350 g/mol. The third kappa shape index (κ3) is 3.95. The Bertz CT molecular complexity index is 910. The summed E-state index contributed by atoms with van der Waals surface area (Å²) in [6.45, 7) is 7.76. The molecule has 1 aromatic heterocycles. The lowest BCUT2D eigenvalue weighted by Crippen LogP contribution is -2.24. The van der Waals surface area contributed by atoms with Gasteiger partial charge in [-0.15, -0.1) is 0 Å². The van der Waals surface area contributed by atoms with E-state index >= 15 is 0 Å². The van der Waals surface area contributed by atoms with Gasteiger partial charge in [0.2, 0.25) is 0 Å². The molecule has 0 unspecified atom stereocenters. The fourth-order valence-electron chi connectivity index (χ4n) is 2.75. The summed E-state index contributed by atoms with van der Waals surface area (Å²) in [5.41, 5.74) is 6.87. The Hall–Kier alpha value is -3.05. The zero-order valence-electron chi connectivity index (χ0n) is 15.0. The molecular weight excluding hydrogens is 328 g/mol. The van der Waals surface area contributed by atoms with Gasteiger partial charge in [-0.25, -0.2) is 0 Å². The molecule has 26 heavy (non-hydrogen) atoms. The van der Waals surface area contributed by atoms with Crippen LogP contribution >= 0.6 is 0 Å². The van der Waals surface area contributed by atoms with Crippen LogP contribution in [-0.4, -0.2) is 12.5 Å². The second-order valence-corrected chi connectivity index (χ2v) is 6.03. The first-order chi connectivity index (χ1) is 12.6. The van der Waals surface area contributed by atoms with Gasteiger partial charge in [0.05, 0.1) is 5.70 Å². The summed E-state index contributed by atoms with van der Waals surface area (Å²) in [4.78, 5) is 17.4. The number of hydroxylamine groups is 1. The van der Waals surface area contributed by atoms with Crippen LogP contribution in [0, 0.1) is 6.92 Å². The number of rotatable bonds is 7. The van der Waals surface area contributed by atoms with E-state index in [0.717, 1.165) is 34.2 Å². The molecule has 0 radical (unpaired) electrons. The van der Waals surface area contributed by atoms with Gasteiger partial charge in [-0.1, -0.05) is 49.9 Å². The molecule has 2 N–H and O–H groups in total. The number of fused-ring (bicyclic) bond motifs is 1. The van der Waals surface area contributed by atoms with Crippen molar-refractivity contribution in [2.75, 3.05) is 11.9 Å². The van der Waals surface area contributed by atoms with E-state index in [9.17, 15) is 4.79 Å². The number of furan rings is 1. The molecule has 0 bridgehead atoms. The van der Waals surface area contributed by atoms with Crippen LogP contribution < -0.4 is 10.8 Å². The number of aryl methyl sites for hydroxylation is 2. The third-order valence-electron chi connectivity index (χ3n) is 4.13. The van der Waals surface area contributed by atoms with Gasteiger partial charge >= 0.3 is 0 Å². The van der Waals surface area contributed by atoms with Crippen molar-refractivity contribution in [3.63, 3.8) is 0 Å². The van der Waals surface area contributed by atoms with Crippen LogP contribution in [0.3, 0.4) is 0 Å². The molecular formula is C21H22N2O3. The van der Waals surface area contributed by atoms with Gasteiger partial charge in [0.25, 0.3) is 5.91 Å². The van der Waals surface area contributed by atoms with Crippen LogP contribution in [0.2, 0.25) is 0 Å². The molecule has 5 heteroatoms. The summed E-state index contributed by atoms with van der Waals surface area (Å²) in [5, 5.41) is 3.89. The number of para-hydroxylation sites is 2. The highest BCUT2D eigenvalue weighted by atomic mass is 16.6. The lowest BCUT2D eigenvalue weighted by Gasteiger charge is -2.13. The summed E-state index contributed by atoms with van der Waals surface area (Å²) in [6, 6.07) is 15.5. The van der Waals surface area contributed by atoms with Crippen LogP contribution in [0.25, 0.3) is 16.7 Å². The Labute approximate surface area is 152 Å². The van der Waals surface area contributed by atoms with Crippen molar-refractivity contribution in [3.05, 3.63) is 72.0 Å². The van der Waals surface area contributed by atoms with E-state index in [1.807, 2.05) is 55.5 Å². The predicted molar refractivity (Wildman–Crippen MR) is 104 cm³/mol. The first-order valence-electron chi connectivity index (χ1n) is 8.52. The molecule has 0 aliphatic carbocycles. The Morgan fingerprint density at radius 2 is 2.00 bits per heavy atom. The smallest absolute Gasteiger partial charge is 0.253 e. The summed E-state index contributed by atoms with van der Waals surface area (Å²) < 4.78 is 5.69. The van der Waals surface area contributed by atoms with Gasteiger partial charge in [0.1, 0.15) is 5.58 Å². The minimum absolute atomic E-state index is 0.142. The van der Waals surface area contributed by atoms with E-state index in [4.69, 9.17) is 9.25 Å². The Morgan fingerprint density at radius 1 is 1.19 bits per heavy atom. The Balaban J connectivity index is 1.54. The molecule has 1 heterocycles. The molecule has 0 aliphatic heterocycles. The molecule has 2 aromatic carbocycles. The second-order valence-electron chi connectivity index (χ2n) is 6.03. The third-order valence-corrected chi connectivity index (χ3v) is 4.13. The number of amides is 1. The van der Waals surface area contributed by atoms with Crippen LogP contribution in [0.15, 0.2) is 59.5 Å². The lowest BCUT2D eigenvalue weighted by molar-refractivity contribution is -0.122. The van der Waals surface area contributed by atoms with Crippen molar-refractivity contribution in [3.8, 4) is 0 Å². The lowest BCUT2D eigenvalue weighted by atomic mass is 10.1. The zero-order chi connectivity index (χ0) is 18.5. The van der Waals surface area contributed by atoms with Crippen molar-refractivity contribution in [1.29, 1.82) is 0 Å². The van der Waals surface area contributed by atoms with Crippen LogP contribution in [-0.2, 0) is 16.1 Å². The molecule has 1 amide bonds. The van der Waals surface area contributed by atoms with E-state index in [1.165, 1.54) is 0 Å². The minimum atomic E-state index is -0.237. The van der Waals surface area contributed by atoms with Crippen molar-refractivity contribution >= 4 is 28.3 Å². The first kappa shape index (κ1) is 17.8. The molecule has 0 fully saturated rings. The number of carbonyl (C=O) groups excluding carboxylic acids is 1. The van der Waals surface area contributed by atoms with Gasteiger partial charge in [-0.05, 0) is 36.6 Å². The minimum Gasteiger partial charge on any atom is -0.454 e. The van der Waals surface area contributed by atoms with Gasteiger partial charge in [0, 0.05) is 11.1 Å². The molecule has 3 rings (SSSR count). The van der Waals surface area contributed by atoms with Gasteiger partial charge in [-0.3, -0.25) is 15.1 Å². The normalized spacial score (nSPS) is 10.7. The van der Waals surface area contributed by atoms with E-state index in [0.29, 0.717) is 11.5 Å². The Kier molecular flexibility index (Phi) is 5.39. The highest BCUT2D eigenvalue weighted by molar-refractivity contribution is 5.93. The maximum atomic E-state index is 12.2. The van der Waals surface area contributed by atoms with Gasteiger partial charge in [-0.2, -0.15) is 0 Å². The number of hydrogen-bond acceptors (Lipinski definition) is 4. The van der Waals surface area contributed by atoms with E-state index < -0.39 is 0 Å². The van der Waals surface area contributed by atoms with Crippen LogP contribution in [0.1, 0.15) is 23.8 Å². The predicted octanol–water partition coefficient (Wildman–Crippen LogP) is 4.43. The molecule has 0 aliphatic rings. The number of benzene rings is 2. The van der Waals surface area contributed by atoms with Crippen LogP contribution in [0.4, 0.5) is 5.69 Å². The molecule has 5 nitrogen and oxygen atoms in total. The van der Waals surface area contributed by atoms with Crippen molar-refractivity contribution < 1.29 is 14.0 Å². The average Bonchev–Trinajstić information content (AvgIpc) is 3.07. The fourth-order valence-corrected chi connectivity index (χ4v) is 2.75. The van der Waals surface area contributed by atoms with Crippen molar-refractivity contribution in [2.24, 2.45) is 0 Å². The quantitative estimate of drug-likeness (QED) is 0.619. The standard InChI is InChI=1S/C21H22N2O3/c1-4-16-10-7-8-14(2)21(16)22-20(24)13-25-23-15(3)19-12-17-9-5-6-11-18(17)26-19/h5-12,23H,3-4,13H2,1-2H3,(H,22,24).